The summed E-state index contributed by atoms with van der Waals surface area (Å²) in [5, 5.41) is 15.8. The second-order valence-corrected chi connectivity index (χ2v) is 12.8. The van der Waals surface area contributed by atoms with Crippen LogP contribution in [-0.4, -0.2) is 63.5 Å². The molecule has 0 aliphatic carbocycles. The maximum Gasteiger partial charge on any atom is 0.323 e. The van der Waals surface area contributed by atoms with Gasteiger partial charge in [-0.15, -0.1) is 0 Å². The normalized spacial score (nSPS) is 15.1. The van der Waals surface area contributed by atoms with E-state index in [1.54, 1.807) is 12.1 Å². The maximum absolute atomic E-state index is 13.7. The minimum atomic E-state index is -4.40. The smallest absolute Gasteiger partial charge is 0.323 e. The Balaban J connectivity index is 1.46. The first-order valence-corrected chi connectivity index (χ1v) is 15.2. The Hall–Kier alpha value is -2.98. The summed E-state index contributed by atoms with van der Waals surface area (Å²) in [6, 6.07) is 11.3. The number of sulfonamides is 1. The molecule has 0 unspecified atom stereocenters. The molecule has 11 nitrogen and oxygen atoms in total. The van der Waals surface area contributed by atoms with Crippen LogP contribution in [0.1, 0.15) is 5.56 Å². The van der Waals surface area contributed by atoms with Gasteiger partial charge in [0.25, 0.3) is 0 Å². The van der Waals surface area contributed by atoms with Gasteiger partial charge in [-0.2, -0.15) is 22.1 Å². The van der Waals surface area contributed by atoms with Gasteiger partial charge in [0.1, 0.15) is 10.7 Å². The molecule has 1 saturated heterocycles. The van der Waals surface area contributed by atoms with E-state index in [2.05, 4.69) is 10.6 Å². The minimum absolute atomic E-state index is 0.0436. The molecule has 0 atom stereocenters. The quantitative estimate of drug-likeness (QED) is 0.325. The van der Waals surface area contributed by atoms with Crippen LogP contribution in [0.3, 0.4) is 0 Å². The van der Waals surface area contributed by atoms with Crippen molar-refractivity contribution < 1.29 is 35.4 Å². The Kier molecular flexibility index (Phi) is 8.89. The van der Waals surface area contributed by atoms with Gasteiger partial charge in [-0.3, -0.25) is 0 Å². The van der Waals surface area contributed by atoms with Gasteiger partial charge in [-0.1, -0.05) is 47.0 Å². The average molecular weight is 634 g/mol. The molecule has 1 fully saturated rings. The van der Waals surface area contributed by atoms with Crippen LogP contribution in [-0.2, 0) is 24.4 Å². The lowest BCUT2D eigenvalue weighted by atomic mass is 10.2. The lowest BCUT2D eigenvalue weighted by molar-refractivity contribution is -0.0713. The highest BCUT2D eigenvalue weighted by atomic mass is 35.5. The number of hydroxylamine groups is 2. The zero-order chi connectivity index (χ0) is 29.2. The molecule has 40 heavy (non-hydrogen) atoms. The number of anilines is 2. The Bertz CT molecular complexity index is 1650. The van der Waals surface area contributed by atoms with E-state index < -0.39 is 42.6 Å². The number of hydrogen-bond donors (Lipinski definition) is 3. The summed E-state index contributed by atoms with van der Waals surface area (Å²) in [5.74, 6) is -1.59. The van der Waals surface area contributed by atoms with Gasteiger partial charge >= 0.3 is 16.1 Å². The van der Waals surface area contributed by atoms with Crippen molar-refractivity contribution in [2.75, 3.05) is 36.8 Å². The van der Waals surface area contributed by atoms with Crippen LogP contribution < -0.4 is 10.6 Å². The molecule has 0 bridgehead atoms. The summed E-state index contributed by atoms with van der Waals surface area (Å²) in [6.45, 7) is 1.24. The molecule has 3 N–H and O–H groups in total. The van der Waals surface area contributed by atoms with Crippen molar-refractivity contribution in [1.29, 1.82) is 0 Å². The van der Waals surface area contributed by atoms with E-state index in [4.69, 9.17) is 27.5 Å². The van der Waals surface area contributed by atoms with Crippen molar-refractivity contribution in [2.24, 2.45) is 0 Å². The molecule has 0 aromatic heterocycles. The topological polar surface area (TPSA) is 145 Å². The molecular weight excluding hydrogens is 610 g/mol. The summed E-state index contributed by atoms with van der Waals surface area (Å²) in [4.78, 5) is 11.7. The van der Waals surface area contributed by atoms with Crippen LogP contribution in [0.25, 0.3) is 0 Å². The van der Waals surface area contributed by atoms with Crippen LogP contribution in [0.15, 0.2) is 64.4 Å². The predicted octanol–water partition coefficient (Wildman–Crippen LogP) is 4.42. The number of amides is 2. The summed E-state index contributed by atoms with van der Waals surface area (Å²) in [7, 11) is -8.52. The second-order valence-electron chi connectivity index (χ2n) is 8.63. The molecule has 1 aliphatic rings. The zero-order valence-corrected chi connectivity index (χ0v) is 23.9. The molecule has 3 aromatic rings. The number of aromatic hydroxyl groups is 1. The molecule has 2 amide bonds. The van der Waals surface area contributed by atoms with Crippen LogP contribution in [0.4, 0.5) is 20.6 Å². The molecule has 1 heterocycles. The number of carbonyl (C=O) groups excluding carboxylic acids is 1. The first kappa shape index (κ1) is 30.0. The fourth-order valence-corrected chi connectivity index (χ4v) is 6.94. The number of hydrogen-bond acceptors (Lipinski definition) is 8. The van der Waals surface area contributed by atoms with Crippen molar-refractivity contribution in [3.8, 4) is 5.75 Å². The predicted molar refractivity (Wildman–Crippen MR) is 147 cm³/mol. The van der Waals surface area contributed by atoms with Gasteiger partial charge < -0.3 is 15.7 Å². The Morgan fingerprint density at radius 2 is 1.55 bits per heavy atom. The third kappa shape index (κ3) is 6.49. The minimum Gasteiger partial charge on any atom is -0.504 e. The summed E-state index contributed by atoms with van der Waals surface area (Å²) >= 11 is 12.0. The molecule has 16 heteroatoms. The molecule has 3 aromatic carbocycles. The summed E-state index contributed by atoms with van der Waals surface area (Å²) in [6.07, 6.45) is 0. The number of carbonyl (C=O) groups is 1. The highest BCUT2D eigenvalue weighted by Gasteiger charge is 2.35. The zero-order valence-electron chi connectivity index (χ0n) is 20.8. The number of urea groups is 1. The van der Waals surface area contributed by atoms with E-state index in [-0.39, 0.29) is 52.5 Å². The third-order valence-corrected chi connectivity index (χ3v) is 9.88. The van der Waals surface area contributed by atoms with Crippen molar-refractivity contribution >= 4 is 60.7 Å². The standard InChI is InChI=1S/C24H23Cl2FN4O7S2/c1-15-5-7-16(8-6-15)40(36,37)38-30-11-13-31(14-12-30)39(34,35)23-17(25)9-10-20(22(23)32)29-24(33)28-19-4-2-3-18(27)21(19)26/h2-10,32H,11-14H2,1H3,(H2,28,29,33). The van der Waals surface area contributed by atoms with Crippen molar-refractivity contribution in [1.82, 2.24) is 9.37 Å². The fraction of sp³-hybridized carbons (Fsp3) is 0.208. The number of halogens is 3. The Labute approximate surface area is 240 Å². The number of benzene rings is 3. The maximum atomic E-state index is 13.7. The molecule has 0 saturated carbocycles. The van der Waals surface area contributed by atoms with E-state index >= 15 is 0 Å². The Morgan fingerprint density at radius 3 is 2.20 bits per heavy atom. The number of nitrogens with one attached hydrogen (secondary N) is 2. The molecule has 0 radical (unpaired) electrons. The van der Waals surface area contributed by atoms with Gasteiger partial charge in [-0.05, 0) is 43.3 Å². The summed E-state index contributed by atoms with van der Waals surface area (Å²) in [5.41, 5.74) is 0.527. The largest absolute Gasteiger partial charge is 0.504 e. The molecule has 0 spiro atoms. The van der Waals surface area contributed by atoms with E-state index in [1.807, 2.05) is 6.92 Å². The number of aryl methyl sites for hydroxylation is 1. The first-order chi connectivity index (χ1) is 18.8. The number of piperazine rings is 1. The lowest BCUT2D eigenvalue weighted by Gasteiger charge is -2.32. The number of rotatable bonds is 7. The van der Waals surface area contributed by atoms with Gasteiger partial charge in [0.05, 0.1) is 26.3 Å². The number of nitrogens with zero attached hydrogens (tertiary/aromatic N) is 2. The van der Waals surface area contributed by atoms with Gasteiger partial charge in [-0.25, -0.2) is 17.6 Å². The van der Waals surface area contributed by atoms with Crippen LogP contribution in [0.5, 0.6) is 5.75 Å². The SMILES string of the molecule is Cc1ccc(S(=O)(=O)ON2CCN(S(=O)(=O)c3c(Cl)ccc(NC(=O)Nc4cccc(F)c4Cl)c3O)CC2)cc1. The lowest BCUT2D eigenvalue weighted by Crippen LogP contribution is -2.49. The van der Waals surface area contributed by atoms with Crippen molar-refractivity contribution in [2.45, 2.75) is 16.7 Å². The summed E-state index contributed by atoms with van der Waals surface area (Å²) < 4.78 is 71.8. The van der Waals surface area contributed by atoms with E-state index in [0.29, 0.717) is 0 Å². The number of phenolic OH excluding ortho intramolecular Hbond substituents is 1. The molecule has 1 aliphatic heterocycles. The number of phenols is 1. The third-order valence-electron chi connectivity index (χ3n) is 5.84. The van der Waals surface area contributed by atoms with Crippen LogP contribution in [0.2, 0.25) is 10.0 Å². The Morgan fingerprint density at radius 1 is 0.925 bits per heavy atom. The van der Waals surface area contributed by atoms with E-state index in [0.717, 1.165) is 21.0 Å². The molecule has 4 rings (SSSR count). The van der Waals surface area contributed by atoms with Gasteiger partial charge in [0, 0.05) is 26.2 Å². The van der Waals surface area contributed by atoms with Crippen LogP contribution >= 0.6 is 23.2 Å². The first-order valence-electron chi connectivity index (χ1n) is 11.6. The van der Waals surface area contributed by atoms with Gasteiger partial charge in [0.15, 0.2) is 5.75 Å². The molecular formula is C24H23Cl2FN4O7S2. The fourth-order valence-electron chi connectivity index (χ4n) is 3.77. The highest BCUT2D eigenvalue weighted by Crippen LogP contribution is 2.39. The van der Waals surface area contributed by atoms with Crippen molar-refractivity contribution in [3.63, 3.8) is 0 Å². The van der Waals surface area contributed by atoms with Gasteiger partial charge in [0.2, 0.25) is 10.0 Å². The second kappa shape index (κ2) is 11.9. The van der Waals surface area contributed by atoms with Crippen LogP contribution in [0, 0.1) is 12.7 Å². The van der Waals surface area contributed by atoms with Crippen molar-refractivity contribution in [3.05, 3.63) is 76.0 Å². The molecule has 214 valence electrons. The van der Waals surface area contributed by atoms with E-state index in [9.17, 15) is 31.1 Å². The monoisotopic (exact) mass is 632 g/mol. The average Bonchev–Trinajstić information content (AvgIpc) is 2.89. The highest BCUT2D eigenvalue weighted by molar-refractivity contribution is 7.89. The van der Waals surface area contributed by atoms with E-state index in [1.165, 1.54) is 36.4 Å².